The highest BCUT2D eigenvalue weighted by Crippen LogP contribution is 2.28. The molecular formula is C27H23FN4O2. The standard InChI is InChI=1S/C27H23FN4O2/c1-2-18-10-12-21(13-11-18)29-25(33)17-32-27(34)23-16-31(15-19-6-5-7-20(28)14-19)24-9-4-3-8-22(24)26(23)30-32/h3-14,16H,2,15,17H2,1H3,(H,29,33). The van der Waals surface area contributed by atoms with E-state index in [0.29, 0.717) is 23.5 Å². The van der Waals surface area contributed by atoms with Gasteiger partial charge in [0.2, 0.25) is 5.91 Å². The van der Waals surface area contributed by atoms with Gasteiger partial charge < -0.3 is 9.88 Å². The average Bonchev–Trinajstić information content (AvgIpc) is 3.15. The smallest absolute Gasteiger partial charge is 0.278 e. The summed E-state index contributed by atoms with van der Waals surface area (Å²) in [5, 5.41) is 8.10. The number of nitrogens with one attached hydrogen (secondary N) is 1. The number of carbonyl (C=O) groups excluding carboxylic acids is 1. The molecule has 2 aliphatic heterocycles. The lowest BCUT2D eigenvalue weighted by atomic mass is 10.1. The highest BCUT2D eigenvalue weighted by atomic mass is 19.1. The minimum absolute atomic E-state index is 0.193. The van der Waals surface area contributed by atoms with E-state index in [0.717, 1.165) is 22.9 Å². The number of aryl methyl sites for hydroxylation is 1. The SMILES string of the molecule is CCc1ccc(NC(=O)Cn2nc3c4ccccc4n(Cc4cccc(F)c4)cc-3c2=O)cc1. The molecule has 0 saturated heterocycles. The van der Waals surface area contributed by atoms with E-state index in [-0.39, 0.29) is 23.8 Å². The van der Waals surface area contributed by atoms with Crippen LogP contribution in [0.5, 0.6) is 0 Å². The molecule has 0 fully saturated rings. The number of nitrogens with zero attached hydrogens (tertiary/aromatic N) is 3. The maximum Gasteiger partial charge on any atom is 0.278 e. The molecule has 170 valence electrons. The van der Waals surface area contributed by atoms with Crippen molar-refractivity contribution in [2.75, 3.05) is 5.32 Å². The van der Waals surface area contributed by atoms with E-state index in [2.05, 4.69) is 17.3 Å². The molecule has 0 aromatic heterocycles. The number of fused-ring (bicyclic) bond motifs is 3. The molecule has 1 N–H and O–H groups in total. The van der Waals surface area contributed by atoms with E-state index in [4.69, 9.17) is 0 Å². The van der Waals surface area contributed by atoms with Gasteiger partial charge in [-0.3, -0.25) is 9.59 Å². The second-order valence-electron chi connectivity index (χ2n) is 8.23. The highest BCUT2D eigenvalue weighted by molar-refractivity contribution is 5.94. The number of hydrogen-bond donors (Lipinski definition) is 1. The van der Waals surface area contributed by atoms with Gasteiger partial charge in [0.05, 0.1) is 11.1 Å². The zero-order valence-corrected chi connectivity index (χ0v) is 18.7. The van der Waals surface area contributed by atoms with Gasteiger partial charge in [0, 0.05) is 23.8 Å². The summed E-state index contributed by atoms with van der Waals surface area (Å²) >= 11 is 0. The number of anilines is 1. The Morgan fingerprint density at radius 1 is 1.00 bits per heavy atom. The Labute approximate surface area is 195 Å². The van der Waals surface area contributed by atoms with Gasteiger partial charge in [-0.05, 0) is 47.9 Å². The number of benzene rings is 3. The quantitative estimate of drug-likeness (QED) is 0.405. The molecule has 2 aliphatic rings. The van der Waals surface area contributed by atoms with Gasteiger partial charge in [0.15, 0.2) is 0 Å². The number of carbonyl (C=O) groups is 1. The summed E-state index contributed by atoms with van der Waals surface area (Å²) < 4.78 is 16.8. The minimum atomic E-state index is -0.342. The van der Waals surface area contributed by atoms with Crippen LogP contribution in [-0.4, -0.2) is 20.3 Å². The molecule has 1 amide bonds. The lowest BCUT2D eigenvalue weighted by Crippen LogP contribution is -2.26. The second kappa shape index (κ2) is 8.94. The van der Waals surface area contributed by atoms with Crippen LogP contribution in [0.3, 0.4) is 0 Å². The average molecular weight is 455 g/mol. The number of amides is 1. The summed E-state index contributed by atoms with van der Waals surface area (Å²) in [7, 11) is 0. The first kappa shape index (κ1) is 21.6. The summed E-state index contributed by atoms with van der Waals surface area (Å²) in [6, 6.07) is 21.6. The van der Waals surface area contributed by atoms with Gasteiger partial charge in [-0.25, -0.2) is 9.07 Å². The molecule has 0 atom stereocenters. The highest BCUT2D eigenvalue weighted by Gasteiger charge is 2.21. The first-order valence-corrected chi connectivity index (χ1v) is 11.1. The van der Waals surface area contributed by atoms with Crippen LogP contribution in [0.2, 0.25) is 0 Å². The fraction of sp³-hybridized carbons (Fsp3) is 0.148. The van der Waals surface area contributed by atoms with E-state index in [1.165, 1.54) is 22.4 Å². The Morgan fingerprint density at radius 2 is 1.79 bits per heavy atom. The van der Waals surface area contributed by atoms with E-state index < -0.39 is 0 Å². The van der Waals surface area contributed by atoms with Gasteiger partial charge in [0.25, 0.3) is 5.56 Å². The van der Waals surface area contributed by atoms with Crippen molar-refractivity contribution in [1.82, 2.24) is 14.3 Å². The van der Waals surface area contributed by atoms with Crippen molar-refractivity contribution in [3.63, 3.8) is 0 Å². The topological polar surface area (TPSA) is 68.9 Å². The third-order valence-corrected chi connectivity index (χ3v) is 5.88. The predicted octanol–water partition coefficient (Wildman–Crippen LogP) is 4.69. The van der Waals surface area contributed by atoms with Crippen LogP contribution in [0, 0.1) is 5.82 Å². The van der Waals surface area contributed by atoms with Crippen LogP contribution >= 0.6 is 0 Å². The zero-order chi connectivity index (χ0) is 23.7. The predicted molar refractivity (Wildman–Crippen MR) is 131 cm³/mol. The fourth-order valence-corrected chi connectivity index (χ4v) is 4.16. The summed E-state index contributed by atoms with van der Waals surface area (Å²) in [6.45, 7) is 2.27. The molecule has 3 aromatic rings. The summed E-state index contributed by atoms with van der Waals surface area (Å²) in [6.07, 6.45) is 2.65. The first-order chi connectivity index (χ1) is 16.5. The number of para-hydroxylation sites is 1. The normalized spacial score (nSPS) is 11.2. The van der Waals surface area contributed by atoms with E-state index in [9.17, 15) is 14.0 Å². The van der Waals surface area contributed by atoms with Crippen LogP contribution in [0.25, 0.3) is 22.2 Å². The molecule has 34 heavy (non-hydrogen) atoms. The van der Waals surface area contributed by atoms with E-state index >= 15 is 0 Å². The lowest BCUT2D eigenvalue weighted by molar-refractivity contribution is -0.116. The van der Waals surface area contributed by atoms with Crippen LogP contribution in [0.4, 0.5) is 10.1 Å². The van der Waals surface area contributed by atoms with Crippen LogP contribution in [0.1, 0.15) is 18.1 Å². The molecule has 7 heteroatoms. The molecule has 5 rings (SSSR count). The van der Waals surface area contributed by atoms with Crippen molar-refractivity contribution >= 4 is 22.5 Å². The third-order valence-electron chi connectivity index (χ3n) is 5.88. The number of pyridine rings is 1. The molecule has 3 aromatic carbocycles. The number of rotatable bonds is 6. The number of halogens is 1. The van der Waals surface area contributed by atoms with Crippen LogP contribution in [-0.2, 0) is 24.3 Å². The third kappa shape index (κ3) is 4.20. The van der Waals surface area contributed by atoms with E-state index in [1.807, 2.05) is 59.2 Å². The first-order valence-electron chi connectivity index (χ1n) is 11.1. The van der Waals surface area contributed by atoms with Gasteiger partial charge >= 0.3 is 0 Å². The van der Waals surface area contributed by atoms with Crippen molar-refractivity contribution in [3.05, 3.63) is 106 Å². The molecule has 6 nitrogen and oxygen atoms in total. The molecule has 0 radical (unpaired) electrons. The molecule has 0 bridgehead atoms. The van der Waals surface area contributed by atoms with Crippen molar-refractivity contribution in [3.8, 4) is 11.3 Å². The number of aromatic nitrogens is 3. The van der Waals surface area contributed by atoms with Gasteiger partial charge in [-0.1, -0.05) is 49.4 Å². The number of hydrogen-bond acceptors (Lipinski definition) is 3. The second-order valence-corrected chi connectivity index (χ2v) is 8.23. The Kier molecular flexibility index (Phi) is 5.67. The zero-order valence-electron chi connectivity index (χ0n) is 18.7. The molecular weight excluding hydrogens is 431 g/mol. The van der Waals surface area contributed by atoms with Crippen LogP contribution in [0.15, 0.2) is 83.8 Å². The Morgan fingerprint density at radius 3 is 2.56 bits per heavy atom. The fourth-order valence-electron chi connectivity index (χ4n) is 4.16. The van der Waals surface area contributed by atoms with Gasteiger partial charge in [-0.15, -0.1) is 0 Å². The summed E-state index contributed by atoms with van der Waals surface area (Å²) in [5.41, 5.74) is 4.10. The van der Waals surface area contributed by atoms with Crippen molar-refractivity contribution in [1.29, 1.82) is 0 Å². The minimum Gasteiger partial charge on any atom is -0.342 e. The maximum atomic E-state index is 13.7. The van der Waals surface area contributed by atoms with E-state index in [1.54, 1.807) is 12.3 Å². The molecule has 0 saturated carbocycles. The van der Waals surface area contributed by atoms with Crippen LogP contribution < -0.4 is 10.9 Å². The van der Waals surface area contributed by atoms with Crippen molar-refractivity contribution in [2.24, 2.45) is 0 Å². The molecule has 2 heterocycles. The summed E-state index contributed by atoms with van der Waals surface area (Å²) in [5.74, 6) is -0.637. The maximum absolute atomic E-state index is 13.7. The van der Waals surface area contributed by atoms with Crippen molar-refractivity contribution in [2.45, 2.75) is 26.4 Å². The molecule has 0 unspecified atom stereocenters. The Bertz CT molecular complexity index is 1520. The Hall–Kier alpha value is -4.26. The van der Waals surface area contributed by atoms with Gasteiger partial charge in [-0.2, -0.15) is 5.10 Å². The molecule has 0 spiro atoms. The summed E-state index contributed by atoms with van der Waals surface area (Å²) in [4.78, 5) is 25.8. The molecule has 0 aliphatic carbocycles. The van der Waals surface area contributed by atoms with Crippen molar-refractivity contribution < 1.29 is 9.18 Å². The lowest BCUT2D eigenvalue weighted by Gasteiger charge is -2.14. The monoisotopic (exact) mass is 454 g/mol. The van der Waals surface area contributed by atoms with Gasteiger partial charge in [0.1, 0.15) is 18.1 Å². The largest absolute Gasteiger partial charge is 0.342 e. The Balaban J connectivity index is 1.49.